The van der Waals surface area contributed by atoms with Crippen LogP contribution in [0, 0.1) is 0 Å². The second-order valence-corrected chi connectivity index (χ2v) is 5.84. The van der Waals surface area contributed by atoms with Crippen molar-refractivity contribution in [3.8, 4) is 11.3 Å². The highest BCUT2D eigenvalue weighted by atomic mass is 35.5. The normalized spacial score (nSPS) is 10.6. The highest BCUT2D eigenvalue weighted by Gasteiger charge is 2.12. The van der Waals surface area contributed by atoms with Crippen molar-refractivity contribution >= 4 is 34.9 Å². The van der Waals surface area contributed by atoms with Crippen LogP contribution in [0.4, 0.5) is 5.69 Å². The lowest BCUT2D eigenvalue weighted by molar-refractivity contribution is 0.0437. The van der Waals surface area contributed by atoms with Gasteiger partial charge in [-0.1, -0.05) is 40.5 Å². The number of nitrogens with two attached hydrogens (primary N) is 1. The molecule has 0 atom stereocenters. The van der Waals surface area contributed by atoms with Gasteiger partial charge in [-0.2, -0.15) is 0 Å². The lowest BCUT2D eigenvalue weighted by Gasteiger charge is -2.04. The summed E-state index contributed by atoms with van der Waals surface area (Å²) in [7, 11) is 0. The van der Waals surface area contributed by atoms with Crippen molar-refractivity contribution in [3.05, 3.63) is 69.9 Å². The van der Waals surface area contributed by atoms with E-state index in [0.29, 0.717) is 32.8 Å². The van der Waals surface area contributed by atoms with E-state index in [4.69, 9.17) is 38.2 Å². The highest BCUT2D eigenvalue weighted by molar-refractivity contribution is 6.33. The van der Waals surface area contributed by atoms with Crippen LogP contribution in [-0.4, -0.2) is 11.1 Å². The van der Waals surface area contributed by atoms with Gasteiger partial charge in [-0.05, 0) is 30.3 Å². The van der Waals surface area contributed by atoms with E-state index in [9.17, 15) is 4.79 Å². The highest BCUT2D eigenvalue weighted by Crippen LogP contribution is 2.23. The van der Waals surface area contributed by atoms with Gasteiger partial charge in [-0.3, -0.25) is 0 Å². The predicted molar refractivity (Wildman–Crippen MR) is 91.9 cm³/mol. The summed E-state index contributed by atoms with van der Waals surface area (Å²) in [6, 6.07) is 13.4. The van der Waals surface area contributed by atoms with Gasteiger partial charge >= 0.3 is 5.97 Å². The maximum absolute atomic E-state index is 12.0. The molecule has 3 aromatic rings. The third-order valence-electron chi connectivity index (χ3n) is 3.28. The first kappa shape index (κ1) is 16.4. The Bertz CT molecular complexity index is 876. The lowest BCUT2D eigenvalue weighted by atomic mass is 10.1. The molecule has 0 aliphatic carbocycles. The fraction of sp³-hybridized carbons (Fsp3) is 0.0588. The number of benzene rings is 2. The Morgan fingerprint density at radius 1 is 1.12 bits per heavy atom. The molecular formula is C17H12Cl2N2O3. The van der Waals surface area contributed by atoms with Crippen molar-refractivity contribution in [1.29, 1.82) is 0 Å². The fourth-order valence-corrected chi connectivity index (χ4v) is 2.27. The third kappa shape index (κ3) is 3.69. The molecule has 24 heavy (non-hydrogen) atoms. The van der Waals surface area contributed by atoms with Gasteiger partial charge in [0.25, 0.3) is 0 Å². The van der Waals surface area contributed by atoms with Gasteiger partial charge in [0.1, 0.15) is 5.69 Å². The van der Waals surface area contributed by atoms with Crippen LogP contribution in [0.15, 0.2) is 53.1 Å². The van der Waals surface area contributed by atoms with Gasteiger partial charge in [-0.25, -0.2) is 4.79 Å². The Kier molecular flexibility index (Phi) is 4.74. The molecule has 2 aromatic carbocycles. The number of nitrogen functional groups attached to an aromatic ring is 1. The van der Waals surface area contributed by atoms with Crippen molar-refractivity contribution in [2.45, 2.75) is 6.61 Å². The SMILES string of the molecule is Nc1cc(C(=O)OCc2cc(-c3ccc(Cl)cc3)no2)ccc1Cl. The van der Waals surface area contributed by atoms with E-state index in [-0.39, 0.29) is 6.61 Å². The standard InChI is InChI=1S/C17H12Cl2N2O3/c18-12-4-1-10(2-5-12)16-8-13(24-21-16)9-23-17(22)11-3-6-14(19)15(20)7-11/h1-8H,9,20H2. The molecule has 1 aromatic heterocycles. The molecule has 122 valence electrons. The van der Waals surface area contributed by atoms with Crippen LogP contribution >= 0.6 is 23.2 Å². The minimum atomic E-state index is -0.525. The predicted octanol–water partition coefficient (Wildman–Crippen LogP) is 4.59. The van der Waals surface area contributed by atoms with Crippen molar-refractivity contribution in [1.82, 2.24) is 5.16 Å². The van der Waals surface area contributed by atoms with Crippen molar-refractivity contribution in [2.75, 3.05) is 5.73 Å². The number of rotatable bonds is 4. The molecule has 1 heterocycles. The molecule has 0 radical (unpaired) electrons. The molecule has 0 unspecified atom stereocenters. The maximum Gasteiger partial charge on any atom is 0.338 e. The first-order chi connectivity index (χ1) is 11.5. The van der Waals surface area contributed by atoms with Gasteiger partial charge < -0.3 is 15.0 Å². The van der Waals surface area contributed by atoms with Crippen LogP contribution in [0.5, 0.6) is 0 Å². The summed E-state index contributed by atoms with van der Waals surface area (Å²) < 4.78 is 10.4. The number of ether oxygens (including phenoxy) is 1. The van der Waals surface area contributed by atoms with E-state index in [1.165, 1.54) is 6.07 Å². The van der Waals surface area contributed by atoms with E-state index in [0.717, 1.165) is 5.56 Å². The molecule has 5 nitrogen and oxygen atoms in total. The number of carbonyl (C=O) groups is 1. The Labute approximate surface area is 147 Å². The molecule has 3 rings (SSSR count). The van der Waals surface area contributed by atoms with Crippen LogP contribution in [0.25, 0.3) is 11.3 Å². The molecule has 0 aliphatic heterocycles. The molecule has 0 amide bonds. The number of esters is 1. The van der Waals surface area contributed by atoms with Gasteiger partial charge in [0.05, 0.1) is 16.3 Å². The fourth-order valence-electron chi connectivity index (χ4n) is 2.03. The number of anilines is 1. The molecule has 0 fully saturated rings. The number of nitrogens with zero attached hydrogens (tertiary/aromatic N) is 1. The number of hydrogen-bond acceptors (Lipinski definition) is 5. The Morgan fingerprint density at radius 2 is 1.88 bits per heavy atom. The van der Waals surface area contributed by atoms with Gasteiger partial charge in [0, 0.05) is 16.7 Å². The number of aromatic nitrogens is 1. The summed E-state index contributed by atoms with van der Waals surface area (Å²) in [5.74, 6) is -0.0990. The van der Waals surface area contributed by atoms with Crippen molar-refractivity contribution < 1.29 is 14.1 Å². The molecular weight excluding hydrogens is 351 g/mol. The van der Waals surface area contributed by atoms with Gasteiger partial charge in [0.15, 0.2) is 12.4 Å². The van der Waals surface area contributed by atoms with Crippen LogP contribution in [0.2, 0.25) is 10.0 Å². The first-order valence-electron chi connectivity index (χ1n) is 6.96. The van der Waals surface area contributed by atoms with Crippen LogP contribution in [0.3, 0.4) is 0 Å². The van der Waals surface area contributed by atoms with Crippen molar-refractivity contribution in [2.24, 2.45) is 0 Å². The third-order valence-corrected chi connectivity index (χ3v) is 3.87. The number of carbonyl (C=O) groups excluding carboxylic acids is 1. The zero-order chi connectivity index (χ0) is 17.1. The largest absolute Gasteiger partial charge is 0.454 e. The molecule has 0 spiro atoms. The number of halogens is 2. The zero-order valence-corrected chi connectivity index (χ0v) is 13.8. The Morgan fingerprint density at radius 3 is 2.58 bits per heavy atom. The minimum absolute atomic E-state index is 0.0397. The lowest BCUT2D eigenvalue weighted by Crippen LogP contribution is -2.05. The summed E-state index contributed by atoms with van der Waals surface area (Å²) >= 11 is 11.7. The van der Waals surface area contributed by atoms with Crippen LogP contribution < -0.4 is 5.73 Å². The zero-order valence-electron chi connectivity index (χ0n) is 12.3. The minimum Gasteiger partial charge on any atom is -0.454 e. The monoisotopic (exact) mass is 362 g/mol. The molecule has 0 saturated heterocycles. The topological polar surface area (TPSA) is 78.4 Å². The molecule has 0 saturated carbocycles. The Hall–Kier alpha value is -2.50. The number of hydrogen-bond donors (Lipinski definition) is 1. The van der Waals surface area contributed by atoms with Gasteiger partial charge in [0.2, 0.25) is 0 Å². The van der Waals surface area contributed by atoms with E-state index in [2.05, 4.69) is 5.16 Å². The second-order valence-electron chi connectivity index (χ2n) is 5.00. The van der Waals surface area contributed by atoms with Crippen LogP contribution in [0.1, 0.15) is 16.1 Å². The summed E-state index contributed by atoms with van der Waals surface area (Å²) in [5.41, 5.74) is 7.78. The quantitative estimate of drug-likeness (QED) is 0.542. The molecule has 7 heteroatoms. The van der Waals surface area contributed by atoms with Crippen LogP contribution in [-0.2, 0) is 11.3 Å². The van der Waals surface area contributed by atoms with Gasteiger partial charge in [-0.15, -0.1) is 0 Å². The van der Waals surface area contributed by atoms with E-state index < -0.39 is 5.97 Å². The summed E-state index contributed by atoms with van der Waals surface area (Å²) in [5, 5.41) is 4.97. The average molecular weight is 363 g/mol. The van der Waals surface area contributed by atoms with E-state index in [1.54, 1.807) is 30.3 Å². The average Bonchev–Trinajstić information content (AvgIpc) is 3.05. The van der Waals surface area contributed by atoms with E-state index >= 15 is 0 Å². The summed E-state index contributed by atoms with van der Waals surface area (Å²) in [4.78, 5) is 12.0. The maximum atomic E-state index is 12.0. The first-order valence-corrected chi connectivity index (χ1v) is 7.72. The molecule has 2 N–H and O–H groups in total. The summed E-state index contributed by atoms with van der Waals surface area (Å²) in [6.45, 7) is -0.0397. The second kappa shape index (κ2) is 6.95. The molecule has 0 aliphatic rings. The van der Waals surface area contributed by atoms with Crippen molar-refractivity contribution in [3.63, 3.8) is 0 Å². The summed E-state index contributed by atoms with van der Waals surface area (Å²) in [6.07, 6.45) is 0. The molecule has 0 bridgehead atoms. The van der Waals surface area contributed by atoms with E-state index in [1.807, 2.05) is 12.1 Å². The Balaban J connectivity index is 1.65. The smallest absolute Gasteiger partial charge is 0.338 e.